The Bertz CT molecular complexity index is 588. The van der Waals surface area contributed by atoms with Crippen molar-refractivity contribution in [2.45, 2.75) is 12.8 Å². The summed E-state index contributed by atoms with van der Waals surface area (Å²) in [5.74, 6) is 1.45. The van der Waals surface area contributed by atoms with E-state index in [1.54, 1.807) is 14.2 Å². The van der Waals surface area contributed by atoms with Gasteiger partial charge in [-0.3, -0.25) is 0 Å². The van der Waals surface area contributed by atoms with Crippen LogP contribution in [0.3, 0.4) is 0 Å². The van der Waals surface area contributed by atoms with Crippen LogP contribution in [0.25, 0.3) is 11.1 Å². The number of carbonyl (C=O) groups excluding carboxylic acids is 1. The van der Waals surface area contributed by atoms with Gasteiger partial charge in [0.15, 0.2) is 0 Å². The van der Waals surface area contributed by atoms with Gasteiger partial charge in [0.2, 0.25) is 0 Å². The van der Waals surface area contributed by atoms with Gasteiger partial charge in [0, 0.05) is 11.5 Å². The normalized spacial score (nSPS) is 11.8. The van der Waals surface area contributed by atoms with E-state index in [-0.39, 0.29) is 5.92 Å². The summed E-state index contributed by atoms with van der Waals surface area (Å²) in [5, 5.41) is 0. The molecule has 2 aromatic rings. The summed E-state index contributed by atoms with van der Waals surface area (Å²) in [6, 6.07) is 13.7. The summed E-state index contributed by atoms with van der Waals surface area (Å²) >= 11 is 0. The van der Waals surface area contributed by atoms with Crippen molar-refractivity contribution in [3.8, 4) is 22.6 Å². The predicted molar refractivity (Wildman–Crippen MR) is 79.5 cm³/mol. The number of rotatable bonds is 5. The lowest BCUT2D eigenvalue weighted by atomic mass is 9.97. The van der Waals surface area contributed by atoms with Crippen molar-refractivity contribution in [1.82, 2.24) is 0 Å². The largest absolute Gasteiger partial charge is 0.497 e. The molecule has 0 aliphatic heterocycles. The molecule has 0 heterocycles. The Labute approximate surface area is 119 Å². The first-order valence-electron chi connectivity index (χ1n) is 6.47. The first-order valence-corrected chi connectivity index (χ1v) is 6.47. The van der Waals surface area contributed by atoms with E-state index >= 15 is 0 Å². The smallest absolute Gasteiger partial charge is 0.127 e. The van der Waals surface area contributed by atoms with Crippen molar-refractivity contribution in [2.24, 2.45) is 0 Å². The lowest BCUT2D eigenvalue weighted by molar-refractivity contribution is -0.108. The van der Waals surface area contributed by atoms with Crippen LogP contribution in [0.1, 0.15) is 18.4 Å². The predicted octanol–water partition coefficient (Wildman–Crippen LogP) is 3.67. The van der Waals surface area contributed by atoms with E-state index in [0.29, 0.717) is 0 Å². The monoisotopic (exact) mass is 270 g/mol. The van der Waals surface area contributed by atoms with Crippen LogP contribution >= 0.6 is 0 Å². The minimum atomic E-state index is -0.131. The van der Waals surface area contributed by atoms with Crippen molar-refractivity contribution in [1.29, 1.82) is 0 Å². The van der Waals surface area contributed by atoms with Gasteiger partial charge >= 0.3 is 0 Å². The third-order valence-electron chi connectivity index (χ3n) is 3.36. The Balaban J connectivity index is 2.42. The highest BCUT2D eigenvalue weighted by Gasteiger charge is 2.10. The molecule has 1 unspecified atom stereocenters. The molecule has 3 heteroatoms. The van der Waals surface area contributed by atoms with Crippen molar-refractivity contribution >= 4 is 6.29 Å². The van der Waals surface area contributed by atoms with Crippen LogP contribution in [-0.4, -0.2) is 20.5 Å². The van der Waals surface area contributed by atoms with Gasteiger partial charge in [-0.2, -0.15) is 0 Å². The maximum absolute atomic E-state index is 10.9. The Morgan fingerprint density at radius 3 is 2.25 bits per heavy atom. The highest BCUT2D eigenvalue weighted by molar-refractivity contribution is 5.73. The van der Waals surface area contributed by atoms with Crippen LogP contribution in [-0.2, 0) is 4.79 Å². The number of benzene rings is 2. The molecule has 0 amide bonds. The second-order valence-corrected chi connectivity index (χ2v) is 4.61. The van der Waals surface area contributed by atoms with Gasteiger partial charge in [0.05, 0.1) is 14.2 Å². The van der Waals surface area contributed by atoms with E-state index in [1.165, 1.54) is 0 Å². The van der Waals surface area contributed by atoms with Crippen LogP contribution in [0, 0.1) is 0 Å². The number of aldehydes is 1. The molecule has 0 saturated carbocycles. The van der Waals surface area contributed by atoms with Crippen LogP contribution < -0.4 is 9.47 Å². The molecule has 0 fully saturated rings. The van der Waals surface area contributed by atoms with Gasteiger partial charge in [0.25, 0.3) is 0 Å². The van der Waals surface area contributed by atoms with Crippen molar-refractivity contribution in [2.75, 3.05) is 14.2 Å². The lowest BCUT2D eigenvalue weighted by Gasteiger charge is -2.12. The topological polar surface area (TPSA) is 35.5 Å². The van der Waals surface area contributed by atoms with E-state index in [9.17, 15) is 4.79 Å². The van der Waals surface area contributed by atoms with Gasteiger partial charge in [-0.05, 0) is 29.3 Å². The Kier molecular flexibility index (Phi) is 4.41. The number of ether oxygens (including phenoxy) is 2. The van der Waals surface area contributed by atoms with Crippen LogP contribution in [0.5, 0.6) is 11.5 Å². The molecule has 0 radical (unpaired) electrons. The first-order chi connectivity index (χ1) is 9.69. The molecule has 104 valence electrons. The van der Waals surface area contributed by atoms with Gasteiger partial charge in [-0.1, -0.05) is 31.2 Å². The molecule has 0 spiro atoms. The molecule has 0 bridgehead atoms. The number of methoxy groups -OCH3 is 2. The van der Waals surface area contributed by atoms with Crippen molar-refractivity contribution < 1.29 is 14.3 Å². The molecule has 3 nitrogen and oxygen atoms in total. The average molecular weight is 270 g/mol. The average Bonchev–Trinajstić information content (AvgIpc) is 2.53. The van der Waals surface area contributed by atoms with Crippen molar-refractivity contribution in [3.63, 3.8) is 0 Å². The number of hydrogen-bond acceptors (Lipinski definition) is 3. The summed E-state index contributed by atoms with van der Waals surface area (Å²) in [7, 11) is 3.28. The zero-order chi connectivity index (χ0) is 14.5. The third-order valence-corrected chi connectivity index (χ3v) is 3.36. The fourth-order valence-electron chi connectivity index (χ4n) is 2.08. The van der Waals surface area contributed by atoms with E-state index in [4.69, 9.17) is 9.47 Å². The minimum Gasteiger partial charge on any atom is -0.497 e. The van der Waals surface area contributed by atoms with Crippen LogP contribution in [0.2, 0.25) is 0 Å². The molecule has 1 atom stereocenters. The fourth-order valence-corrected chi connectivity index (χ4v) is 2.08. The molecule has 0 aliphatic rings. The molecule has 0 aromatic heterocycles. The van der Waals surface area contributed by atoms with Crippen LogP contribution in [0.15, 0.2) is 42.5 Å². The summed E-state index contributed by atoms with van der Waals surface area (Å²) in [5.41, 5.74) is 3.00. The summed E-state index contributed by atoms with van der Waals surface area (Å²) in [6.07, 6.45) is 0.932. The molecule has 0 aliphatic carbocycles. The SMILES string of the molecule is COc1ccc(-c2ccc(C(C)C=O)cc2OC)cc1. The molecule has 2 aromatic carbocycles. The fraction of sp³-hybridized carbons (Fsp3) is 0.235. The second-order valence-electron chi connectivity index (χ2n) is 4.61. The van der Waals surface area contributed by atoms with Gasteiger partial charge in [0.1, 0.15) is 17.8 Å². The van der Waals surface area contributed by atoms with Gasteiger partial charge < -0.3 is 14.3 Å². The second kappa shape index (κ2) is 6.24. The maximum atomic E-state index is 10.9. The zero-order valence-electron chi connectivity index (χ0n) is 11.9. The summed E-state index contributed by atoms with van der Waals surface area (Å²) in [6.45, 7) is 1.87. The quantitative estimate of drug-likeness (QED) is 0.778. The molecule has 0 saturated heterocycles. The Morgan fingerprint density at radius 2 is 1.70 bits per heavy atom. The first kappa shape index (κ1) is 14.1. The van der Waals surface area contributed by atoms with E-state index in [1.807, 2.05) is 49.4 Å². The Hall–Kier alpha value is -2.29. The Morgan fingerprint density at radius 1 is 1.00 bits per heavy atom. The zero-order valence-corrected chi connectivity index (χ0v) is 11.9. The minimum absolute atomic E-state index is 0.131. The maximum Gasteiger partial charge on any atom is 0.127 e. The highest BCUT2D eigenvalue weighted by Crippen LogP contribution is 2.33. The van der Waals surface area contributed by atoms with Crippen LogP contribution in [0.4, 0.5) is 0 Å². The van der Waals surface area contributed by atoms with E-state index in [0.717, 1.165) is 34.5 Å². The van der Waals surface area contributed by atoms with E-state index < -0.39 is 0 Å². The van der Waals surface area contributed by atoms with Gasteiger partial charge in [-0.25, -0.2) is 0 Å². The molecular formula is C17H18O3. The number of hydrogen-bond donors (Lipinski definition) is 0. The summed E-state index contributed by atoms with van der Waals surface area (Å²) < 4.78 is 10.6. The molecule has 2 rings (SSSR count). The highest BCUT2D eigenvalue weighted by atomic mass is 16.5. The standard InChI is InChI=1S/C17H18O3/c1-12(11-18)14-6-9-16(17(10-14)20-3)13-4-7-15(19-2)8-5-13/h4-12H,1-3H3. The lowest BCUT2D eigenvalue weighted by Crippen LogP contribution is -1.96. The summed E-state index contributed by atoms with van der Waals surface area (Å²) in [4.78, 5) is 10.9. The van der Waals surface area contributed by atoms with E-state index in [2.05, 4.69) is 0 Å². The van der Waals surface area contributed by atoms with Crippen molar-refractivity contribution in [3.05, 3.63) is 48.0 Å². The third kappa shape index (κ3) is 2.82. The van der Waals surface area contributed by atoms with Gasteiger partial charge in [-0.15, -0.1) is 0 Å². The molecule has 20 heavy (non-hydrogen) atoms. The number of carbonyl (C=O) groups is 1. The molecular weight excluding hydrogens is 252 g/mol. The molecule has 0 N–H and O–H groups in total.